The monoisotopic (exact) mass is 301 g/mol. The molecule has 0 saturated carbocycles. The largest absolute Gasteiger partial charge is 0.347 e. The van der Waals surface area contributed by atoms with E-state index in [2.05, 4.69) is 40.7 Å². The van der Waals surface area contributed by atoms with E-state index in [9.17, 15) is 4.79 Å². The zero-order valence-corrected chi connectivity index (χ0v) is 13.6. The standard InChI is InChI=1S/C16H23N5O/c1-11-13(9-18-21(11)16(2,3)4)15(22)19-12-5-6-14-17-7-8-20(14)10-12/h7-9,12H,5-6,10H2,1-4H3,(H,19,22). The lowest BCUT2D eigenvalue weighted by Gasteiger charge is -2.25. The molecule has 0 spiro atoms. The fourth-order valence-electron chi connectivity index (χ4n) is 3.06. The Balaban J connectivity index is 1.72. The molecule has 6 heteroatoms. The van der Waals surface area contributed by atoms with E-state index in [1.165, 1.54) is 0 Å². The number of hydrogen-bond donors (Lipinski definition) is 1. The SMILES string of the molecule is Cc1c(C(=O)NC2CCc3nccn3C2)cnn1C(C)(C)C. The minimum atomic E-state index is -0.126. The highest BCUT2D eigenvalue weighted by molar-refractivity contribution is 5.95. The van der Waals surface area contributed by atoms with Crippen molar-refractivity contribution in [3.63, 3.8) is 0 Å². The van der Waals surface area contributed by atoms with Gasteiger partial charge in [-0.05, 0) is 34.1 Å². The van der Waals surface area contributed by atoms with Crippen LogP contribution in [0.15, 0.2) is 18.6 Å². The number of rotatable bonds is 2. The van der Waals surface area contributed by atoms with E-state index in [0.29, 0.717) is 5.56 Å². The number of aromatic nitrogens is 4. The topological polar surface area (TPSA) is 64.7 Å². The lowest BCUT2D eigenvalue weighted by atomic mass is 10.1. The van der Waals surface area contributed by atoms with Gasteiger partial charge in [0.15, 0.2) is 0 Å². The molecule has 0 radical (unpaired) electrons. The van der Waals surface area contributed by atoms with Gasteiger partial charge in [-0.25, -0.2) is 4.98 Å². The molecule has 118 valence electrons. The summed E-state index contributed by atoms with van der Waals surface area (Å²) in [6.07, 6.45) is 7.28. The maximum absolute atomic E-state index is 12.5. The molecular formula is C16H23N5O. The molecule has 1 unspecified atom stereocenters. The number of aryl methyl sites for hydroxylation is 1. The fourth-order valence-corrected chi connectivity index (χ4v) is 3.06. The van der Waals surface area contributed by atoms with Crippen LogP contribution in [0.25, 0.3) is 0 Å². The minimum Gasteiger partial charge on any atom is -0.347 e. The summed E-state index contributed by atoms with van der Waals surface area (Å²) in [4.78, 5) is 16.8. The predicted octanol–water partition coefficient (Wildman–Crippen LogP) is 1.89. The lowest BCUT2D eigenvalue weighted by Crippen LogP contribution is -2.41. The molecule has 1 N–H and O–H groups in total. The number of imidazole rings is 1. The summed E-state index contributed by atoms with van der Waals surface area (Å²) in [5, 5.41) is 7.50. The molecular weight excluding hydrogens is 278 g/mol. The van der Waals surface area contributed by atoms with Crippen molar-refractivity contribution < 1.29 is 4.79 Å². The van der Waals surface area contributed by atoms with Crippen LogP contribution in [0, 0.1) is 6.92 Å². The maximum Gasteiger partial charge on any atom is 0.255 e. The van der Waals surface area contributed by atoms with Gasteiger partial charge in [0.25, 0.3) is 5.91 Å². The average Bonchev–Trinajstić information content (AvgIpc) is 3.03. The predicted molar refractivity (Wildman–Crippen MR) is 83.8 cm³/mol. The van der Waals surface area contributed by atoms with Crippen LogP contribution in [0.5, 0.6) is 0 Å². The van der Waals surface area contributed by atoms with Crippen molar-refractivity contribution in [3.8, 4) is 0 Å². The van der Waals surface area contributed by atoms with Crippen molar-refractivity contribution >= 4 is 5.91 Å². The van der Waals surface area contributed by atoms with Crippen LogP contribution in [-0.4, -0.2) is 31.3 Å². The molecule has 3 heterocycles. The summed E-state index contributed by atoms with van der Waals surface area (Å²) < 4.78 is 4.01. The Morgan fingerprint density at radius 2 is 2.18 bits per heavy atom. The third-order valence-corrected chi connectivity index (χ3v) is 4.16. The molecule has 1 aliphatic heterocycles. The number of carbonyl (C=O) groups is 1. The van der Waals surface area contributed by atoms with E-state index in [1.54, 1.807) is 6.20 Å². The first-order chi connectivity index (χ1) is 10.4. The van der Waals surface area contributed by atoms with E-state index in [0.717, 1.165) is 30.9 Å². The second-order valence-electron chi connectivity index (χ2n) is 6.93. The molecule has 0 aliphatic carbocycles. The zero-order chi connectivity index (χ0) is 15.9. The van der Waals surface area contributed by atoms with Gasteiger partial charge in [0.2, 0.25) is 0 Å². The zero-order valence-electron chi connectivity index (χ0n) is 13.6. The van der Waals surface area contributed by atoms with Crippen LogP contribution in [-0.2, 0) is 18.5 Å². The molecule has 2 aromatic rings. The van der Waals surface area contributed by atoms with E-state index in [4.69, 9.17) is 0 Å². The summed E-state index contributed by atoms with van der Waals surface area (Å²) in [7, 11) is 0. The van der Waals surface area contributed by atoms with Gasteiger partial charge in [-0.1, -0.05) is 0 Å². The molecule has 3 rings (SSSR count). The molecule has 2 aromatic heterocycles. The molecule has 22 heavy (non-hydrogen) atoms. The smallest absolute Gasteiger partial charge is 0.255 e. The van der Waals surface area contributed by atoms with Crippen molar-refractivity contribution in [3.05, 3.63) is 35.7 Å². The van der Waals surface area contributed by atoms with Gasteiger partial charge in [-0.3, -0.25) is 9.48 Å². The number of fused-ring (bicyclic) bond motifs is 1. The molecule has 1 atom stereocenters. The highest BCUT2D eigenvalue weighted by atomic mass is 16.1. The first-order valence-corrected chi connectivity index (χ1v) is 7.72. The fraction of sp³-hybridized carbons (Fsp3) is 0.562. The molecule has 6 nitrogen and oxygen atoms in total. The van der Waals surface area contributed by atoms with Gasteiger partial charge in [0.05, 0.1) is 17.3 Å². The molecule has 0 aromatic carbocycles. The summed E-state index contributed by atoms with van der Waals surface area (Å²) in [6.45, 7) is 8.97. The van der Waals surface area contributed by atoms with Crippen molar-refractivity contribution in [1.82, 2.24) is 24.6 Å². The van der Waals surface area contributed by atoms with Gasteiger partial charge in [-0.15, -0.1) is 0 Å². The summed E-state index contributed by atoms with van der Waals surface area (Å²) in [5.41, 5.74) is 1.44. The van der Waals surface area contributed by atoms with E-state index in [-0.39, 0.29) is 17.5 Å². The Morgan fingerprint density at radius 1 is 1.41 bits per heavy atom. The van der Waals surface area contributed by atoms with Crippen molar-refractivity contribution in [1.29, 1.82) is 0 Å². The molecule has 1 aliphatic rings. The van der Waals surface area contributed by atoms with Crippen LogP contribution in [0.3, 0.4) is 0 Å². The van der Waals surface area contributed by atoms with Crippen molar-refractivity contribution in [2.24, 2.45) is 0 Å². The lowest BCUT2D eigenvalue weighted by molar-refractivity contribution is 0.0926. The molecule has 0 fully saturated rings. The second kappa shape index (κ2) is 5.26. The minimum absolute atomic E-state index is 0.0402. The van der Waals surface area contributed by atoms with Crippen LogP contribution in [0.1, 0.15) is 49.1 Å². The van der Waals surface area contributed by atoms with Crippen LogP contribution in [0.2, 0.25) is 0 Å². The number of hydrogen-bond acceptors (Lipinski definition) is 3. The van der Waals surface area contributed by atoms with E-state index >= 15 is 0 Å². The Kier molecular flexibility index (Phi) is 3.54. The quantitative estimate of drug-likeness (QED) is 0.921. The van der Waals surface area contributed by atoms with Crippen molar-refractivity contribution in [2.75, 3.05) is 0 Å². The Bertz CT molecular complexity index is 692. The summed E-state index contributed by atoms with van der Waals surface area (Å²) in [6, 6.07) is 0.145. The number of nitrogens with one attached hydrogen (secondary N) is 1. The molecule has 0 saturated heterocycles. The van der Waals surface area contributed by atoms with Gasteiger partial charge in [-0.2, -0.15) is 5.10 Å². The number of nitrogens with zero attached hydrogens (tertiary/aromatic N) is 4. The van der Waals surface area contributed by atoms with Crippen LogP contribution in [0.4, 0.5) is 0 Å². The summed E-state index contributed by atoms with van der Waals surface area (Å²) >= 11 is 0. The normalized spacial score (nSPS) is 18.1. The Hall–Kier alpha value is -2.11. The highest BCUT2D eigenvalue weighted by Gasteiger charge is 2.25. The Labute approximate surface area is 130 Å². The van der Waals surface area contributed by atoms with Gasteiger partial charge < -0.3 is 9.88 Å². The Morgan fingerprint density at radius 3 is 2.86 bits per heavy atom. The van der Waals surface area contributed by atoms with Crippen molar-refractivity contribution in [2.45, 2.75) is 58.7 Å². The molecule has 0 bridgehead atoms. The molecule has 1 amide bonds. The first kappa shape index (κ1) is 14.8. The van der Waals surface area contributed by atoms with E-state index in [1.807, 2.05) is 24.0 Å². The van der Waals surface area contributed by atoms with Crippen LogP contribution >= 0.6 is 0 Å². The summed E-state index contributed by atoms with van der Waals surface area (Å²) in [5.74, 6) is 1.06. The maximum atomic E-state index is 12.5. The first-order valence-electron chi connectivity index (χ1n) is 7.72. The van der Waals surface area contributed by atoms with Gasteiger partial charge in [0, 0.05) is 37.1 Å². The third-order valence-electron chi connectivity index (χ3n) is 4.16. The number of amides is 1. The third kappa shape index (κ3) is 2.65. The van der Waals surface area contributed by atoms with Gasteiger partial charge >= 0.3 is 0 Å². The van der Waals surface area contributed by atoms with Crippen LogP contribution < -0.4 is 5.32 Å². The second-order valence-corrected chi connectivity index (χ2v) is 6.93. The van der Waals surface area contributed by atoms with Gasteiger partial charge in [0.1, 0.15) is 5.82 Å². The van der Waals surface area contributed by atoms with E-state index < -0.39 is 0 Å². The number of carbonyl (C=O) groups excluding carboxylic acids is 1. The highest BCUT2D eigenvalue weighted by Crippen LogP contribution is 2.19. The average molecular weight is 301 g/mol.